The Morgan fingerprint density at radius 2 is 1.74 bits per heavy atom. The first-order valence-corrected chi connectivity index (χ1v) is 7.60. The maximum absolute atomic E-state index is 12.1. The highest BCUT2D eigenvalue weighted by molar-refractivity contribution is 5.83. The first kappa shape index (κ1) is 17.2. The summed E-state index contributed by atoms with van der Waals surface area (Å²) < 4.78 is 10.7. The lowest BCUT2D eigenvalue weighted by molar-refractivity contribution is -0.132. The molecule has 0 amide bonds. The average molecular weight is 314 g/mol. The Morgan fingerprint density at radius 3 is 2.35 bits per heavy atom. The van der Waals surface area contributed by atoms with Crippen molar-refractivity contribution in [3.63, 3.8) is 0 Å². The molecule has 122 valence electrons. The second-order valence-electron chi connectivity index (χ2n) is 5.40. The predicted octanol–water partition coefficient (Wildman–Crippen LogP) is 3.29. The third kappa shape index (κ3) is 5.20. The van der Waals surface area contributed by atoms with E-state index in [-0.39, 0.29) is 12.2 Å². The van der Waals surface area contributed by atoms with Crippen molar-refractivity contribution in [2.75, 3.05) is 7.11 Å². The van der Waals surface area contributed by atoms with E-state index in [2.05, 4.69) is 0 Å². The van der Waals surface area contributed by atoms with Crippen molar-refractivity contribution in [2.24, 2.45) is 0 Å². The summed E-state index contributed by atoms with van der Waals surface area (Å²) in [6.45, 7) is 2.06. The number of Topliss-reactive ketones (excluding diaryl/α,β-unsaturated/α-hetero) is 1. The van der Waals surface area contributed by atoms with Gasteiger partial charge in [0.25, 0.3) is 0 Å². The number of hydrogen-bond donors (Lipinski definition) is 1. The minimum atomic E-state index is -0.796. The summed E-state index contributed by atoms with van der Waals surface area (Å²) in [7, 11) is 1.62. The van der Waals surface area contributed by atoms with Gasteiger partial charge in [-0.25, -0.2) is 0 Å². The van der Waals surface area contributed by atoms with Gasteiger partial charge >= 0.3 is 0 Å². The number of rotatable bonds is 8. The Labute approximate surface area is 136 Å². The number of benzene rings is 2. The van der Waals surface area contributed by atoms with Crippen LogP contribution in [0.1, 0.15) is 30.6 Å². The fraction of sp³-hybridized carbons (Fsp3) is 0.316. The monoisotopic (exact) mass is 314 g/mol. The largest absolute Gasteiger partial charge is 0.497 e. The minimum Gasteiger partial charge on any atom is -0.497 e. The van der Waals surface area contributed by atoms with Crippen molar-refractivity contribution in [1.29, 1.82) is 0 Å². The first-order chi connectivity index (χ1) is 11.1. The molecule has 0 radical (unpaired) electrons. The summed E-state index contributed by atoms with van der Waals surface area (Å²) in [6.07, 6.45) is -1.31. The molecule has 0 aliphatic rings. The molecule has 0 fully saturated rings. The minimum absolute atomic E-state index is 0.0494. The van der Waals surface area contributed by atoms with E-state index < -0.39 is 12.2 Å². The summed E-state index contributed by atoms with van der Waals surface area (Å²) >= 11 is 0. The van der Waals surface area contributed by atoms with Gasteiger partial charge in [-0.15, -0.1) is 0 Å². The standard InChI is InChI=1S/C19H22O4/c1-14(23-13-15-8-10-17(22-2)11-9-15)18(20)12-19(21)16-6-4-3-5-7-16/h3-11,14,19,21H,12-13H2,1-2H3/t14-,19-/m0/s1. The Morgan fingerprint density at radius 1 is 1.09 bits per heavy atom. The van der Waals surface area contributed by atoms with Crippen molar-refractivity contribution in [1.82, 2.24) is 0 Å². The number of carbonyl (C=O) groups is 1. The van der Waals surface area contributed by atoms with Gasteiger partial charge in [0.05, 0.1) is 19.8 Å². The van der Waals surface area contributed by atoms with Crippen LogP contribution in [-0.4, -0.2) is 24.1 Å². The van der Waals surface area contributed by atoms with E-state index in [0.29, 0.717) is 6.61 Å². The average Bonchev–Trinajstić information content (AvgIpc) is 2.60. The molecule has 0 aromatic heterocycles. The molecular formula is C19H22O4. The molecule has 0 unspecified atom stereocenters. The third-order valence-electron chi connectivity index (χ3n) is 3.69. The van der Waals surface area contributed by atoms with E-state index in [0.717, 1.165) is 16.9 Å². The van der Waals surface area contributed by atoms with Crippen LogP contribution in [0.4, 0.5) is 0 Å². The highest BCUT2D eigenvalue weighted by Gasteiger charge is 2.19. The summed E-state index contributed by atoms with van der Waals surface area (Å²) in [5.41, 5.74) is 1.71. The number of carbonyl (C=O) groups excluding carboxylic acids is 1. The van der Waals surface area contributed by atoms with Crippen molar-refractivity contribution in [2.45, 2.75) is 32.2 Å². The van der Waals surface area contributed by atoms with Crippen LogP contribution in [-0.2, 0) is 16.1 Å². The van der Waals surface area contributed by atoms with Crippen LogP contribution in [0.3, 0.4) is 0 Å². The second kappa shape index (κ2) is 8.46. The molecular weight excluding hydrogens is 292 g/mol. The van der Waals surface area contributed by atoms with Gasteiger partial charge in [0.15, 0.2) is 5.78 Å². The van der Waals surface area contributed by atoms with Crippen LogP contribution in [0.5, 0.6) is 5.75 Å². The maximum Gasteiger partial charge on any atom is 0.164 e. The van der Waals surface area contributed by atoms with Gasteiger partial charge < -0.3 is 14.6 Å². The molecule has 0 heterocycles. The fourth-order valence-electron chi connectivity index (χ4n) is 2.19. The van der Waals surface area contributed by atoms with Gasteiger partial charge in [-0.05, 0) is 30.2 Å². The summed E-state index contributed by atoms with van der Waals surface area (Å²) in [4.78, 5) is 12.1. The topological polar surface area (TPSA) is 55.8 Å². The van der Waals surface area contributed by atoms with Crippen LogP contribution in [0.15, 0.2) is 54.6 Å². The van der Waals surface area contributed by atoms with Gasteiger partial charge in [-0.2, -0.15) is 0 Å². The lowest BCUT2D eigenvalue weighted by Gasteiger charge is -2.15. The highest BCUT2D eigenvalue weighted by Crippen LogP contribution is 2.18. The van der Waals surface area contributed by atoms with Gasteiger partial charge in [0.1, 0.15) is 11.9 Å². The van der Waals surface area contributed by atoms with Gasteiger partial charge in [-0.1, -0.05) is 42.5 Å². The van der Waals surface area contributed by atoms with Gasteiger partial charge in [0.2, 0.25) is 0 Å². The van der Waals surface area contributed by atoms with Crippen molar-refractivity contribution in [3.05, 3.63) is 65.7 Å². The fourth-order valence-corrected chi connectivity index (χ4v) is 2.19. The molecule has 0 spiro atoms. The first-order valence-electron chi connectivity index (χ1n) is 7.60. The molecule has 2 atom stereocenters. The third-order valence-corrected chi connectivity index (χ3v) is 3.69. The molecule has 1 N–H and O–H groups in total. The zero-order valence-corrected chi connectivity index (χ0v) is 13.4. The Hall–Kier alpha value is -2.17. The van der Waals surface area contributed by atoms with Crippen molar-refractivity contribution >= 4 is 5.78 Å². The van der Waals surface area contributed by atoms with Crippen LogP contribution in [0, 0.1) is 0 Å². The molecule has 2 rings (SSSR count). The normalized spacial score (nSPS) is 13.3. The quantitative estimate of drug-likeness (QED) is 0.812. The smallest absolute Gasteiger partial charge is 0.164 e. The van der Waals surface area contributed by atoms with Gasteiger partial charge in [0, 0.05) is 6.42 Å². The molecule has 4 heteroatoms. The number of aliphatic hydroxyl groups excluding tert-OH is 1. The van der Waals surface area contributed by atoms with Crippen LogP contribution in [0.2, 0.25) is 0 Å². The van der Waals surface area contributed by atoms with Crippen LogP contribution < -0.4 is 4.74 Å². The molecule has 4 nitrogen and oxygen atoms in total. The Balaban J connectivity index is 1.82. The highest BCUT2D eigenvalue weighted by atomic mass is 16.5. The van der Waals surface area contributed by atoms with E-state index in [1.54, 1.807) is 26.2 Å². The van der Waals surface area contributed by atoms with Crippen molar-refractivity contribution < 1.29 is 19.4 Å². The number of aliphatic hydroxyl groups is 1. The summed E-state index contributed by atoms with van der Waals surface area (Å²) in [6, 6.07) is 16.7. The zero-order valence-electron chi connectivity index (χ0n) is 13.4. The number of ketones is 1. The van der Waals surface area contributed by atoms with E-state index >= 15 is 0 Å². The Bertz CT molecular complexity index is 607. The van der Waals surface area contributed by atoms with Gasteiger partial charge in [-0.3, -0.25) is 4.79 Å². The Kier molecular flexibility index (Phi) is 6.32. The molecule has 2 aromatic carbocycles. The number of hydrogen-bond acceptors (Lipinski definition) is 4. The molecule has 0 aliphatic heterocycles. The zero-order chi connectivity index (χ0) is 16.7. The summed E-state index contributed by atoms with van der Waals surface area (Å²) in [5, 5.41) is 10.1. The molecule has 0 aliphatic carbocycles. The van der Waals surface area contributed by atoms with Crippen molar-refractivity contribution in [3.8, 4) is 5.75 Å². The lowest BCUT2D eigenvalue weighted by atomic mass is 10.0. The molecule has 0 saturated heterocycles. The van der Waals surface area contributed by atoms with E-state index in [1.807, 2.05) is 42.5 Å². The van der Waals surface area contributed by atoms with E-state index in [4.69, 9.17) is 9.47 Å². The SMILES string of the molecule is COc1ccc(CO[C@@H](C)C(=O)C[C@H](O)c2ccccc2)cc1. The van der Waals surface area contributed by atoms with E-state index in [9.17, 15) is 9.90 Å². The second-order valence-corrected chi connectivity index (χ2v) is 5.40. The lowest BCUT2D eigenvalue weighted by Crippen LogP contribution is -2.22. The molecule has 23 heavy (non-hydrogen) atoms. The van der Waals surface area contributed by atoms with E-state index in [1.165, 1.54) is 0 Å². The maximum atomic E-state index is 12.1. The molecule has 2 aromatic rings. The predicted molar refractivity (Wildman–Crippen MR) is 88.3 cm³/mol. The molecule has 0 saturated carbocycles. The van der Waals surface area contributed by atoms with Crippen LogP contribution >= 0.6 is 0 Å². The molecule has 0 bridgehead atoms. The summed E-state index contributed by atoms with van der Waals surface area (Å²) in [5.74, 6) is 0.665. The number of methoxy groups -OCH3 is 1. The van der Waals surface area contributed by atoms with Crippen LogP contribution in [0.25, 0.3) is 0 Å². The number of ether oxygens (including phenoxy) is 2.